The lowest BCUT2D eigenvalue weighted by atomic mass is 10.1. The normalized spacial score (nSPS) is 15.2. The van der Waals surface area contributed by atoms with Crippen LogP contribution >= 0.6 is 11.3 Å². The van der Waals surface area contributed by atoms with Crippen molar-refractivity contribution in [1.82, 2.24) is 15.1 Å². The first-order chi connectivity index (χ1) is 11.7. The standard InChI is InChI=1S/C18H18N4OS/c1-12(13-5-3-2-4-6-13)22-9-15-16(10-22)20-21-17(15)19-18(23)14-7-8-24-11-14/h2-8,11-12H,9-10H2,1H3,(H2,19,20,21,23). The lowest BCUT2D eigenvalue weighted by molar-refractivity contribution is 0.102. The van der Waals surface area contributed by atoms with Gasteiger partial charge in [0.05, 0.1) is 11.3 Å². The van der Waals surface area contributed by atoms with Gasteiger partial charge < -0.3 is 5.32 Å². The Bertz CT molecular complexity index is 841. The average Bonchev–Trinajstić information content (AvgIpc) is 3.33. The van der Waals surface area contributed by atoms with E-state index in [9.17, 15) is 4.79 Å². The maximum Gasteiger partial charge on any atom is 0.257 e. The van der Waals surface area contributed by atoms with Crippen molar-refractivity contribution in [2.75, 3.05) is 5.32 Å². The summed E-state index contributed by atoms with van der Waals surface area (Å²) in [7, 11) is 0. The number of amides is 1. The zero-order valence-electron chi connectivity index (χ0n) is 13.3. The number of thiophene rings is 1. The average molecular weight is 338 g/mol. The Kier molecular flexibility index (Phi) is 3.92. The van der Waals surface area contributed by atoms with Crippen LogP contribution in [-0.4, -0.2) is 21.0 Å². The number of nitrogens with zero attached hydrogens (tertiary/aromatic N) is 2. The predicted molar refractivity (Wildman–Crippen MR) is 95.0 cm³/mol. The van der Waals surface area contributed by atoms with Crippen LogP contribution in [0.5, 0.6) is 0 Å². The molecule has 3 aromatic rings. The van der Waals surface area contributed by atoms with Crippen LogP contribution in [0.2, 0.25) is 0 Å². The maximum atomic E-state index is 12.2. The van der Waals surface area contributed by atoms with Gasteiger partial charge >= 0.3 is 0 Å². The minimum Gasteiger partial charge on any atom is -0.305 e. The van der Waals surface area contributed by atoms with Gasteiger partial charge in [-0.15, -0.1) is 0 Å². The van der Waals surface area contributed by atoms with Crippen molar-refractivity contribution in [3.05, 3.63) is 69.5 Å². The van der Waals surface area contributed by atoms with E-state index in [0.717, 1.165) is 24.3 Å². The summed E-state index contributed by atoms with van der Waals surface area (Å²) in [5.41, 5.74) is 4.13. The lowest BCUT2D eigenvalue weighted by Crippen LogP contribution is -2.21. The summed E-state index contributed by atoms with van der Waals surface area (Å²) in [5, 5.41) is 14.0. The van der Waals surface area contributed by atoms with Gasteiger partial charge in [-0.3, -0.25) is 14.8 Å². The highest BCUT2D eigenvalue weighted by molar-refractivity contribution is 7.08. The van der Waals surface area contributed by atoms with Crippen LogP contribution in [-0.2, 0) is 13.1 Å². The summed E-state index contributed by atoms with van der Waals surface area (Å²) < 4.78 is 0. The Morgan fingerprint density at radius 2 is 2.12 bits per heavy atom. The molecule has 4 rings (SSSR count). The van der Waals surface area contributed by atoms with Crippen molar-refractivity contribution < 1.29 is 4.79 Å². The van der Waals surface area contributed by atoms with Crippen LogP contribution in [0.15, 0.2) is 47.2 Å². The third-order valence-electron chi connectivity index (χ3n) is 4.52. The van der Waals surface area contributed by atoms with Crippen molar-refractivity contribution >= 4 is 23.1 Å². The molecule has 0 aliphatic carbocycles. The fourth-order valence-electron chi connectivity index (χ4n) is 3.06. The molecular weight excluding hydrogens is 320 g/mol. The number of H-pyrrole nitrogens is 1. The van der Waals surface area contributed by atoms with E-state index in [4.69, 9.17) is 0 Å². The van der Waals surface area contributed by atoms with E-state index in [-0.39, 0.29) is 5.91 Å². The number of aromatic nitrogens is 2. The second-order valence-electron chi connectivity index (χ2n) is 5.99. The van der Waals surface area contributed by atoms with Crippen LogP contribution in [0.25, 0.3) is 0 Å². The highest BCUT2D eigenvalue weighted by Gasteiger charge is 2.29. The number of hydrogen-bond acceptors (Lipinski definition) is 4. The monoisotopic (exact) mass is 338 g/mol. The molecule has 0 spiro atoms. The quantitative estimate of drug-likeness (QED) is 0.760. The van der Waals surface area contributed by atoms with E-state index in [1.54, 1.807) is 0 Å². The molecule has 0 radical (unpaired) electrons. The number of anilines is 1. The summed E-state index contributed by atoms with van der Waals surface area (Å²) in [4.78, 5) is 14.6. The Morgan fingerprint density at radius 1 is 1.29 bits per heavy atom. The summed E-state index contributed by atoms with van der Waals surface area (Å²) in [6, 6.07) is 12.6. The van der Waals surface area contributed by atoms with Crippen molar-refractivity contribution in [1.29, 1.82) is 0 Å². The zero-order chi connectivity index (χ0) is 16.5. The van der Waals surface area contributed by atoms with Gasteiger partial charge in [-0.25, -0.2) is 0 Å². The van der Waals surface area contributed by atoms with Gasteiger partial charge in [0.25, 0.3) is 5.91 Å². The fourth-order valence-corrected chi connectivity index (χ4v) is 3.69. The summed E-state index contributed by atoms with van der Waals surface area (Å²) >= 11 is 1.51. The third kappa shape index (κ3) is 2.74. The number of carbonyl (C=O) groups excluding carboxylic acids is 1. The number of fused-ring (bicyclic) bond motifs is 1. The van der Waals surface area contributed by atoms with Gasteiger partial charge in [-0.05, 0) is 23.9 Å². The molecule has 0 saturated heterocycles. The largest absolute Gasteiger partial charge is 0.305 e. The van der Waals surface area contributed by atoms with E-state index in [1.807, 2.05) is 22.9 Å². The molecular formula is C18H18N4OS. The van der Waals surface area contributed by atoms with E-state index in [0.29, 0.717) is 17.4 Å². The van der Waals surface area contributed by atoms with Crippen LogP contribution in [0.3, 0.4) is 0 Å². The maximum absolute atomic E-state index is 12.2. The predicted octanol–water partition coefficient (Wildman–Crippen LogP) is 3.80. The molecule has 1 atom stereocenters. The molecule has 5 nitrogen and oxygen atoms in total. The summed E-state index contributed by atoms with van der Waals surface area (Å²) in [6.07, 6.45) is 0. The van der Waals surface area contributed by atoms with Crippen LogP contribution in [0.1, 0.15) is 40.1 Å². The van der Waals surface area contributed by atoms with E-state index >= 15 is 0 Å². The molecule has 6 heteroatoms. The molecule has 122 valence electrons. The van der Waals surface area contributed by atoms with Gasteiger partial charge in [0, 0.05) is 30.1 Å². The number of carbonyl (C=O) groups is 1. The topological polar surface area (TPSA) is 61.0 Å². The number of hydrogen-bond donors (Lipinski definition) is 2. The van der Waals surface area contributed by atoms with Crippen molar-refractivity contribution in [3.8, 4) is 0 Å². The van der Waals surface area contributed by atoms with Crippen molar-refractivity contribution in [3.63, 3.8) is 0 Å². The Balaban J connectivity index is 1.49. The first-order valence-electron chi connectivity index (χ1n) is 7.91. The van der Waals surface area contributed by atoms with Gasteiger partial charge in [0.2, 0.25) is 0 Å². The lowest BCUT2D eigenvalue weighted by Gasteiger charge is -2.24. The zero-order valence-corrected chi connectivity index (χ0v) is 14.1. The minimum absolute atomic E-state index is 0.111. The minimum atomic E-state index is -0.111. The number of aromatic amines is 1. The molecule has 0 fully saturated rings. The molecule has 1 unspecified atom stereocenters. The number of benzene rings is 1. The van der Waals surface area contributed by atoms with Crippen LogP contribution in [0.4, 0.5) is 5.82 Å². The molecule has 0 saturated carbocycles. The fraction of sp³-hybridized carbons (Fsp3) is 0.222. The third-order valence-corrected chi connectivity index (χ3v) is 5.20. The first kappa shape index (κ1) is 15.1. The molecule has 1 aromatic carbocycles. The molecule has 24 heavy (non-hydrogen) atoms. The smallest absolute Gasteiger partial charge is 0.257 e. The molecule has 2 aromatic heterocycles. The Morgan fingerprint density at radius 3 is 2.88 bits per heavy atom. The molecule has 1 aliphatic rings. The Labute approximate surface area is 144 Å². The molecule has 1 amide bonds. The van der Waals surface area contributed by atoms with Gasteiger partial charge in [0.15, 0.2) is 5.82 Å². The van der Waals surface area contributed by atoms with E-state index in [2.05, 4.69) is 51.6 Å². The second-order valence-corrected chi connectivity index (χ2v) is 6.77. The highest BCUT2D eigenvalue weighted by Crippen LogP contribution is 2.33. The van der Waals surface area contributed by atoms with Crippen molar-refractivity contribution in [2.45, 2.75) is 26.1 Å². The van der Waals surface area contributed by atoms with E-state index < -0.39 is 0 Å². The molecule has 2 N–H and O–H groups in total. The van der Waals surface area contributed by atoms with Crippen molar-refractivity contribution in [2.24, 2.45) is 0 Å². The molecule has 1 aliphatic heterocycles. The first-order valence-corrected chi connectivity index (χ1v) is 8.85. The molecule has 3 heterocycles. The Hall–Kier alpha value is -2.44. The van der Waals surface area contributed by atoms with Crippen LogP contribution < -0.4 is 5.32 Å². The summed E-state index contributed by atoms with van der Waals surface area (Å²) in [5.74, 6) is 0.532. The SMILES string of the molecule is CC(c1ccccc1)N1Cc2[nH]nc(NC(=O)c3ccsc3)c2C1. The molecule has 0 bridgehead atoms. The van der Waals surface area contributed by atoms with E-state index in [1.165, 1.54) is 16.9 Å². The number of rotatable bonds is 4. The summed E-state index contributed by atoms with van der Waals surface area (Å²) in [6.45, 7) is 3.80. The highest BCUT2D eigenvalue weighted by atomic mass is 32.1. The second kappa shape index (κ2) is 6.22. The number of nitrogens with one attached hydrogen (secondary N) is 2. The van der Waals surface area contributed by atoms with Gasteiger partial charge in [-0.1, -0.05) is 30.3 Å². The van der Waals surface area contributed by atoms with Crippen LogP contribution in [0, 0.1) is 0 Å². The van der Waals surface area contributed by atoms with Gasteiger partial charge in [-0.2, -0.15) is 16.4 Å². The van der Waals surface area contributed by atoms with Gasteiger partial charge in [0.1, 0.15) is 0 Å².